The van der Waals surface area contributed by atoms with Crippen molar-refractivity contribution in [1.82, 2.24) is 9.55 Å². The first-order valence-electron chi connectivity index (χ1n) is 6.68. The lowest BCUT2D eigenvalue weighted by Crippen LogP contribution is -2.24. The summed E-state index contributed by atoms with van der Waals surface area (Å²) in [5.41, 5.74) is 1.41. The van der Waals surface area contributed by atoms with Crippen molar-refractivity contribution in [3.8, 4) is 0 Å². The summed E-state index contributed by atoms with van der Waals surface area (Å²) in [5.74, 6) is 0.978. The second kappa shape index (κ2) is 6.08. The summed E-state index contributed by atoms with van der Waals surface area (Å²) < 4.78 is 2.05. The molecular formula is C14H27N3. The highest BCUT2D eigenvalue weighted by Crippen LogP contribution is 2.24. The Bertz CT molecular complexity index is 339. The van der Waals surface area contributed by atoms with Crippen molar-refractivity contribution >= 4 is 5.95 Å². The second-order valence-corrected chi connectivity index (χ2v) is 5.79. The van der Waals surface area contributed by atoms with Crippen molar-refractivity contribution in [3.05, 3.63) is 11.9 Å². The van der Waals surface area contributed by atoms with E-state index in [1.54, 1.807) is 0 Å². The van der Waals surface area contributed by atoms with Crippen LogP contribution in [-0.2, 0) is 7.05 Å². The standard InChI is InChI=1S/C14H27N3/c1-6-7-8-9-14(3,4)11-15-13-16-12(2)10-17(13)5/h10H,6-9,11H2,1-5H3,(H,15,16). The highest BCUT2D eigenvalue weighted by atomic mass is 15.2. The Morgan fingerprint density at radius 1 is 1.35 bits per heavy atom. The molecule has 1 rings (SSSR count). The van der Waals surface area contributed by atoms with Gasteiger partial charge >= 0.3 is 0 Å². The van der Waals surface area contributed by atoms with Gasteiger partial charge in [-0.25, -0.2) is 4.98 Å². The molecule has 98 valence electrons. The number of rotatable bonds is 7. The van der Waals surface area contributed by atoms with Gasteiger partial charge in [0, 0.05) is 19.8 Å². The Morgan fingerprint density at radius 3 is 2.59 bits per heavy atom. The van der Waals surface area contributed by atoms with Gasteiger partial charge in [-0.3, -0.25) is 0 Å². The molecule has 1 N–H and O–H groups in total. The first-order chi connectivity index (χ1) is 7.94. The number of hydrogen-bond acceptors (Lipinski definition) is 2. The summed E-state index contributed by atoms with van der Waals surface area (Å²) in [5, 5.41) is 3.45. The fourth-order valence-corrected chi connectivity index (χ4v) is 2.04. The van der Waals surface area contributed by atoms with E-state index in [4.69, 9.17) is 0 Å². The maximum atomic E-state index is 4.46. The fourth-order valence-electron chi connectivity index (χ4n) is 2.04. The molecule has 0 saturated carbocycles. The van der Waals surface area contributed by atoms with Crippen molar-refractivity contribution < 1.29 is 0 Å². The number of nitrogens with one attached hydrogen (secondary N) is 1. The van der Waals surface area contributed by atoms with Gasteiger partial charge < -0.3 is 9.88 Å². The Morgan fingerprint density at radius 2 is 2.06 bits per heavy atom. The van der Waals surface area contributed by atoms with Crippen LogP contribution in [0.5, 0.6) is 0 Å². The van der Waals surface area contributed by atoms with Crippen LogP contribution in [0, 0.1) is 12.3 Å². The van der Waals surface area contributed by atoms with Crippen molar-refractivity contribution in [1.29, 1.82) is 0 Å². The van der Waals surface area contributed by atoms with Crippen molar-refractivity contribution in [2.45, 2.75) is 53.4 Å². The maximum Gasteiger partial charge on any atom is 0.202 e. The average molecular weight is 237 g/mol. The molecule has 1 heterocycles. The molecule has 1 aromatic rings. The van der Waals surface area contributed by atoms with Crippen molar-refractivity contribution in [3.63, 3.8) is 0 Å². The van der Waals surface area contributed by atoms with Crippen LogP contribution in [0.2, 0.25) is 0 Å². The molecule has 1 aromatic heterocycles. The Hall–Kier alpha value is -0.990. The highest BCUT2D eigenvalue weighted by Gasteiger charge is 2.17. The molecular weight excluding hydrogens is 210 g/mol. The zero-order valence-electron chi connectivity index (χ0n) is 12.0. The number of nitrogens with zero attached hydrogens (tertiary/aromatic N) is 2. The third-order valence-corrected chi connectivity index (χ3v) is 3.18. The normalized spacial score (nSPS) is 11.8. The molecule has 0 fully saturated rings. The molecule has 0 amide bonds. The Labute approximate surface area is 106 Å². The highest BCUT2D eigenvalue weighted by molar-refractivity contribution is 5.28. The van der Waals surface area contributed by atoms with Gasteiger partial charge in [-0.1, -0.05) is 40.0 Å². The van der Waals surface area contributed by atoms with Gasteiger partial charge in [0.2, 0.25) is 5.95 Å². The van der Waals surface area contributed by atoms with E-state index in [0.29, 0.717) is 5.41 Å². The van der Waals surface area contributed by atoms with Gasteiger partial charge in [0.1, 0.15) is 0 Å². The van der Waals surface area contributed by atoms with Gasteiger partial charge in [-0.15, -0.1) is 0 Å². The summed E-state index contributed by atoms with van der Waals surface area (Å²) in [6.07, 6.45) is 7.28. The first-order valence-corrected chi connectivity index (χ1v) is 6.68. The molecule has 0 aliphatic rings. The van der Waals surface area contributed by atoms with Crippen LogP contribution in [0.1, 0.15) is 52.1 Å². The maximum absolute atomic E-state index is 4.46. The third-order valence-electron chi connectivity index (χ3n) is 3.18. The Kier molecular flexibility index (Phi) is 5.03. The summed E-state index contributed by atoms with van der Waals surface area (Å²) >= 11 is 0. The van der Waals surface area contributed by atoms with Gasteiger partial charge in [-0.05, 0) is 18.8 Å². The SMILES string of the molecule is CCCCCC(C)(C)CNc1nc(C)cn1C. The minimum atomic E-state index is 0.342. The molecule has 0 aliphatic heterocycles. The molecule has 0 bridgehead atoms. The van der Waals surface area contributed by atoms with Crippen LogP contribution in [0.3, 0.4) is 0 Å². The minimum Gasteiger partial charge on any atom is -0.355 e. The summed E-state index contributed by atoms with van der Waals surface area (Å²) in [6, 6.07) is 0. The summed E-state index contributed by atoms with van der Waals surface area (Å²) in [7, 11) is 2.03. The van der Waals surface area contributed by atoms with Crippen LogP contribution in [0.25, 0.3) is 0 Å². The van der Waals surface area contributed by atoms with Gasteiger partial charge in [0.05, 0.1) is 5.69 Å². The Balaban J connectivity index is 2.40. The largest absolute Gasteiger partial charge is 0.355 e. The van der Waals surface area contributed by atoms with E-state index in [-0.39, 0.29) is 0 Å². The van der Waals surface area contributed by atoms with Crippen LogP contribution >= 0.6 is 0 Å². The van der Waals surface area contributed by atoms with Crippen molar-refractivity contribution in [2.24, 2.45) is 12.5 Å². The lowest BCUT2D eigenvalue weighted by Gasteiger charge is -2.25. The molecule has 0 aliphatic carbocycles. The molecule has 0 unspecified atom stereocenters. The van der Waals surface area contributed by atoms with Gasteiger partial charge in [-0.2, -0.15) is 0 Å². The van der Waals surface area contributed by atoms with Crippen LogP contribution in [-0.4, -0.2) is 16.1 Å². The quantitative estimate of drug-likeness (QED) is 0.732. The molecule has 0 atom stereocenters. The van der Waals surface area contributed by atoms with E-state index in [1.165, 1.54) is 25.7 Å². The van der Waals surface area contributed by atoms with E-state index in [2.05, 4.69) is 35.6 Å². The minimum absolute atomic E-state index is 0.342. The molecule has 0 aromatic carbocycles. The third kappa shape index (κ3) is 4.80. The predicted octanol–water partition coefficient (Wildman–Crippen LogP) is 3.75. The summed E-state index contributed by atoms with van der Waals surface area (Å²) in [4.78, 5) is 4.46. The predicted molar refractivity (Wildman–Crippen MR) is 74.4 cm³/mol. The number of anilines is 1. The van der Waals surface area contributed by atoms with Gasteiger partial charge in [0.25, 0.3) is 0 Å². The van der Waals surface area contributed by atoms with Gasteiger partial charge in [0.15, 0.2) is 0 Å². The van der Waals surface area contributed by atoms with E-state index in [1.807, 2.05) is 20.2 Å². The smallest absolute Gasteiger partial charge is 0.202 e. The molecule has 0 radical (unpaired) electrons. The lowest BCUT2D eigenvalue weighted by molar-refractivity contribution is 0.341. The number of aryl methyl sites for hydroxylation is 2. The molecule has 0 saturated heterocycles. The fraction of sp³-hybridized carbons (Fsp3) is 0.786. The second-order valence-electron chi connectivity index (χ2n) is 5.79. The number of aromatic nitrogens is 2. The lowest BCUT2D eigenvalue weighted by atomic mass is 9.87. The average Bonchev–Trinajstić information content (AvgIpc) is 2.55. The zero-order valence-corrected chi connectivity index (χ0v) is 12.0. The van der Waals surface area contributed by atoms with Crippen LogP contribution < -0.4 is 5.32 Å². The van der Waals surface area contributed by atoms with Crippen molar-refractivity contribution in [2.75, 3.05) is 11.9 Å². The molecule has 3 heteroatoms. The van der Waals surface area contributed by atoms with Crippen LogP contribution in [0.4, 0.5) is 5.95 Å². The van der Waals surface area contributed by atoms with E-state index < -0.39 is 0 Å². The number of hydrogen-bond donors (Lipinski definition) is 1. The first kappa shape index (κ1) is 14.1. The van der Waals surface area contributed by atoms with E-state index in [0.717, 1.165) is 18.2 Å². The van der Waals surface area contributed by atoms with Crippen LogP contribution in [0.15, 0.2) is 6.20 Å². The number of imidazole rings is 1. The monoisotopic (exact) mass is 237 g/mol. The topological polar surface area (TPSA) is 29.9 Å². The molecule has 3 nitrogen and oxygen atoms in total. The zero-order chi connectivity index (χ0) is 12.9. The number of unbranched alkanes of at least 4 members (excludes halogenated alkanes) is 2. The summed E-state index contributed by atoms with van der Waals surface area (Å²) in [6.45, 7) is 9.91. The van der Waals surface area contributed by atoms with E-state index in [9.17, 15) is 0 Å². The molecule has 0 spiro atoms. The molecule has 17 heavy (non-hydrogen) atoms. The van der Waals surface area contributed by atoms with E-state index >= 15 is 0 Å².